The summed E-state index contributed by atoms with van der Waals surface area (Å²) in [5, 5.41) is 0. The maximum atomic E-state index is 11.6. The van der Waals surface area contributed by atoms with E-state index in [0.29, 0.717) is 5.69 Å². The SMILES string of the molecule is CCc1ccc2[nH]c(=O)nc(-c3ccccc3)c2n1. The van der Waals surface area contributed by atoms with Gasteiger partial charge in [0.05, 0.1) is 5.52 Å². The number of aromatic amines is 1. The Kier molecular flexibility index (Phi) is 2.83. The van der Waals surface area contributed by atoms with E-state index in [1.165, 1.54) is 0 Å². The van der Waals surface area contributed by atoms with Crippen molar-refractivity contribution in [1.29, 1.82) is 0 Å². The Balaban J connectivity index is 2.36. The lowest BCUT2D eigenvalue weighted by Crippen LogP contribution is -2.12. The smallest absolute Gasteiger partial charge is 0.304 e. The second kappa shape index (κ2) is 4.65. The second-order valence-corrected chi connectivity index (χ2v) is 4.31. The molecule has 3 rings (SSSR count). The lowest BCUT2D eigenvalue weighted by atomic mass is 10.1. The summed E-state index contributed by atoms with van der Waals surface area (Å²) in [5.41, 5.74) is 3.63. The van der Waals surface area contributed by atoms with Gasteiger partial charge in [-0.1, -0.05) is 37.3 Å². The molecule has 0 atom stereocenters. The van der Waals surface area contributed by atoms with Crippen molar-refractivity contribution in [3.05, 3.63) is 58.6 Å². The summed E-state index contributed by atoms with van der Waals surface area (Å²) in [5.74, 6) is 0. The average Bonchev–Trinajstić information content (AvgIpc) is 2.47. The van der Waals surface area contributed by atoms with Gasteiger partial charge in [-0.3, -0.25) is 0 Å². The molecular formula is C15H13N3O. The minimum atomic E-state index is -0.350. The van der Waals surface area contributed by atoms with E-state index in [4.69, 9.17) is 0 Å². The summed E-state index contributed by atoms with van der Waals surface area (Å²) >= 11 is 0. The van der Waals surface area contributed by atoms with Crippen molar-refractivity contribution in [2.45, 2.75) is 13.3 Å². The van der Waals surface area contributed by atoms with Crippen LogP contribution in [0.2, 0.25) is 0 Å². The Labute approximate surface area is 110 Å². The Hall–Kier alpha value is -2.49. The van der Waals surface area contributed by atoms with Crippen molar-refractivity contribution in [3.63, 3.8) is 0 Å². The first-order valence-corrected chi connectivity index (χ1v) is 6.23. The molecule has 1 N–H and O–H groups in total. The first-order chi connectivity index (χ1) is 9.28. The molecule has 0 spiro atoms. The minimum Gasteiger partial charge on any atom is -0.304 e. The maximum Gasteiger partial charge on any atom is 0.346 e. The molecule has 0 aliphatic carbocycles. The number of aryl methyl sites for hydroxylation is 1. The van der Waals surface area contributed by atoms with Crippen molar-refractivity contribution in [2.75, 3.05) is 0 Å². The molecule has 0 aliphatic rings. The summed E-state index contributed by atoms with van der Waals surface area (Å²) in [4.78, 5) is 23.0. The molecule has 0 saturated carbocycles. The largest absolute Gasteiger partial charge is 0.346 e. The Bertz CT molecular complexity index is 778. The number of rotatable bonds is 2. The van der Waals surface area contributed by atoms with Crippen LogP contribution in [0.25, 0.3) is 22.3 Å². The first-order valence-electron chi connectivity index (χ1n) is 6.23. The van der Waals surface area contributed by atoms with Gasteiger partial charge in [0, 0.05) is 11.3 Å². The fraction of sp³-hybridized carbons (Fsp3) is 0.133. The molecule has 3 aromatic rings. The topological polar surface area (TPSA) is 58.6 Å². The van der Waals surface area contributed by atoms with Crippen molar-refractivity contribution in [2.24, 2.45) is 0 Å². The maximum absolute atomic E-state index is 11.6. The summed E-state index contributed by atoms with van der Waals surface area (Å²) in [6.45, 7) is 2.05. The van der Waals surface area contributed by atoms with Crippen LogP contribution < -0.4 is 5.69 Å². The molecule has 0 bridgehead atoms. The van der Waals surface area contributed by atoms with Gasteiger partial charge in [-0.25, -0.2) is 9.78 Å². The lowest BCUT2D eigenvalue weighted by Gasteiger charge is -2.06. The molecule has 4 heteroatoms. The summed E-state index contributed by atoms with van der Waals surface area (Å²) in [7, 11) is 0. The fourth-order valence-electron chi connectivity index (χ4n) is 2.07. The van der Waals surface area contributed by atoms with Crippen molar-refractivity contribution in [1.82, 2.24) is 15.0 Å². The highest BCUT2D eigenvalue weighted by molar-refractivity contribution is 5.88. The van der Waals surface area contributed by atoms with E-state index >= 15 is 0 Å². The zero-order valence-electron chi connectivity index (χ0n) is 10.6. The average molecular weight is 251 g/mol. The van der Waals surface area contributed by atoms with Crippen molar-refractivity contribution >= 4 is 11.0 Å². The van der Waals surface area contributed by atoms with Crippen LogP contribution in [0.3, 0.4) is 0 Å². The van der Waals surface area contributed by atoms with E-state index in [1.54, 1.807) is 0 Å². The van der Waals surface area contributed by atoms with Crippen LogP contribution in [0.1, 0.15) is 12.6 Å². The Morgan fingerprint density at radius 3 is 2.58 bits per heavy atom. The molecule has 0 aliphatic heterocycles. The van der Waals surface area contributed by atoms with Gasteiger partial charge in [0.1, 0.15) is 11.2 Å². The van der Waals surface area contributed by atoms with E-state index in [-0.39, 0.29) is 5.69 Å². The van der Waals surface area contributed by atoms with Crippen LogP contribution in [-0.4, -0.2) is 15.0 Å². The number of nitrogens with one attached hydrogen (secondary N) is 1. The monoisotopic (exact) mass is 251 g/mol. The fourth-order valence-corrected chi connectivity index (χ4v) is 2.07. The van der Waals surface area contributed by atoms with Gasteiger partial charge >= 0.3 is 5.69 Å². The zero-order chi connectivity index (χ0) is 13.2. The number of pyridine rings is 1. The molecule has 0 fully saturated rings. The third kappa shape index (κ3) is 2.12. The van der Waals surface area contributed by atoms with Gasteiger partial charge in [-0.05, 0) is 18.6 Å². The highest BCUT2D eigenvalue weighted by Crippen LogP contribution is 2.22. The van der Waals surface area contributed by atoms with E-state index < -0.39 is 0 Å². The number of H-pyrrole nitrogens is 1. The molecule has 0 unspecified atom stereocenters. The number of fused-ring (bicyclic) bond motifs is 1. The number of benzene rings is 1. The predicted octanol–water partition coefficient (Wildman–Crippen LogP) is 2.55. The number of aromatic nitrogens is 3. The van der Waals surface area contributed by atoms with E-state index in [9.17, 15) is 4.79 Å². The van der Waals surface area contributed by atoms with Crippen molar-refractivity contribution in [3.8, 4) is 11.3 Å². The summed E-state index contributed by atoms with van der Waals surface area (Å²) < 4.78 is 0. The van der Waals surface area contributed by atoms with Crippen molar-refractivity contribution < 1.29 is 0 Å². The third-order valence-electron chi connectivity index (χ3n) is 3.04. The third-order valence-corrected chi connectivity index (χ3v) is 3.04. The standard InChI is InChI=1S/C15H13N3O/c1-2-11-8-9-12-14(16-11)13(18-15(19)17-12)10-6-4-3-5-7-10/h3-9H,2H2,1H3,(H,17,18,19). The first kappa shape index (κ1) is 11.6. The van der Waals surface area contributed by atoms with Gasteiger partial charge in [0.25, 0.3) is 0 Å². The van der Waals surface area contributed by atoms with Crippen LogP contribution >= 0.6 is 0 Å². The zero-order valence-corrected chi connectivity index (χ0v) is 10.6. The molecule has 0 amide bonds. The molecule has 1 aromatic carbocycles. The normalized spacial score (nSPS) is 10.8. The molecule has 2 heterocycles. The van der Waals surface area contributed by atoms with Gasteiger partial charge in [0.15, 0.2) is 0 Å². The Morgan fingerprint density at radius 1 is 1.05 bits per heavy atom. The molecule has 0 radical (unpaired) electrons. The highest BCUT2D eigenvalue weighted by Gasteiger charge is 2.09. The van der Waals surface area contributed by atoms with Crippen LogP contribution in [-0.2, 0) is 6.42 Å². The van der Waals surface area contributed by atoms with Crippen LogP contribution in [0.5, 0.6) is 0 Å². The molecule has 4 nitrogen and oxygen atoms in total. The summed E-state index contributed by atoms with van der Waals surface area (Å²) in [6, 6.07) is 13.5. The van der Waals surface area contributed by atoms with E-state index in [2.05, 4.69) is 21.9 Å². The predicted molar refractivity (Wildman–Crippen MR) is 75.0 cm³/mol. The number of hydrogen-bond donors (Lipinski definition) is 1. The Morgan fingerprint density at radius 2 is 1.84 bits per heavy atom. The second-order valence-electron chi connectivity index (χ2n) is 4.31. The molecule has 0 saturated heterocycles. The lowest BCUT2D eigenvalue weighted by molar-refractivity contribution is 1.04. The quantitative estimate of drug-likeness (QED) is 0.761. The van der Waals surface area contributed by atoms with Crippen LogP contribution in [0.15, 0.2) is 47.3 Å². The summed E-state index contributed by atoms with van der Waals surface area (Å²) in [6.07, 6.45) is 0.850. The minimum absolute atomic E-state index is 0.350. The van der Waals surface area contributed by atoms with Crippen LogP contribution in [0, 0.1) is 0 Å². The van der Waals surface area contributed by atoms with Gasteiger partial charge in [-0.15, -0.1) is 0 Å². The van der Waals surface area contributed by atoms with Gasteiger partial charge in [0.2, 0.25) is 0 Å². The van der Waals surface area contributed by atoms with Gasteiger partial charge < -0.3 is 4.98 Å². The number of hydrogen-bond acceptors (Lipinski definition) is 3. The van der Waals surface area contributed by atoms with Gasteiger partial charge in [-0.2, -0.15) is 4.98 Å². The highest BCUT2D eigenvalue weighted by atomic mass is 16.1. The molecule has 94 valence electrons. The van der Waals surface area contributed by atoms with Crippen LogP contribution in [0.4, 0.5) is 0 Å². The van der Waals surface area contributed by atoms with E-state index in [1.807, 2.05) is 42.5 Å². The molecule has 2 aromatic heterocycles. The van der Waals surface area contributed by atoms with E-state index in [0.717, 1.165) is 28.7 Å². The molecular weight excluding hydrogens is 238 g/mol. The molecule has 19 heavy (non-hydrogen) atoms. The number of nitrogens with zero attached hydrogens (tertiary/aromatic N) is 2.